The molecule has 0 unspecified atom stereocenters. The molecule has 2 aromatic rings. The Bertz CT molecular complexity index is 742. The average molecular weight is 344 g/mol. The first-order valence-corrected chi connectivity index (χ1v) is 9.15. The van der Waals surface area contributed by atoms with Gasteiger partial charge in [-0.2, -0.15) is 4.31 Å². The minimum absolute atomic E-state index is 0.0653. The highest BCUT2D eigenvalue weighted by atomic mass is 35.5. The Morgan fingerprint density at radius 3 is 2.76 bits per heavy atom. The highest BCUT2D eigenvalue weighted by molar-refractivity contribution is 7.91. The fourth-order valence-electron chi connectivity index (χ4n) is 2.14. The number of aromatic nitrogens is 2. The molecular weight excluding hydrogens is 330 g/mol. The standard InChI is InChI=1S/C13H14ClN3O2S2/c1-9-12(20-13(14)16-9)21(18,19)17(11-4-5-11)8-10-3-2-6-15-7-10/h2-3,6-7,11H,4-5,8H2,1H3. The van der Waals surface area contributed by atoms with E-state index >= 15 is 0 Å². The Labute approximate surface area is 132 Å². The zero-order valence-electron chi connectivity index (χ0n) is 11.4. The second-order valence-corrected chi connectivity index (χ2v) is 8.65. The van der Waals surface area contributed by atoms with Crippen molar-refractivity contribution in [3.05, 3.63) is 40.3 Å². The summed E-state index contributed by atoms with van der Waals surface area (Å²) in [5.74, 6) is 0. The Kier molecular flexibility index (Phi) is 4.00. The summed E-state index contributed by atoms with van der Waals surface area (Å²) in [6, 6.07) is 3.75. The summed E-state index contributed by atoms with van der Waals surface area (Å²) in [6.45, 7) is 2.00. The summed E-state index contributed by atoms with van der Waals surface area (Å²) in [7, 11) is -3.57. The lowest BCUT2D eigenvalue weighted by Gasteiger charge is -2.21. The van der Waals surface area contributed by atoms with E-state index < -0.39 is 10.0 Å². The van der Waals surface area contributed by atoms with Crippen LogP contribution in [0.25, 0.3) is 0 Å². The first kappa shape index (κ1) is 14.9. The first-order chi connectivity index (χ1) is 9.98. The van der Waals surface area contributed by atoms with Crippen LogP contribution in [0.3, 0.4) is 0 Å². The highest BCUT2D eigenvalue weighted by Crippen LogP contribution is 2.37. The van der Waals surface area contributed by atoms with Crippen molar-refractivity contribution in [3.63, 3.8) is 0 Å². The number of pyridine rings is 1. The fraction of sp³-hybridized carbons (Fsp3) is 0.385. The molecule has 0 atom stereocenters. The van der Waals surface area contributed by atoms with Crippen molar-refractivity contribution in [2.45, 2.75) is 36.6 Å². The summed E-state index contributed by atoms with van der Waals surface area (Å²) in [4.78, 5) is 8.05. The van der Waals surface area contributed by atoms with Gasteiger partial charge in [0.05, 0.1) is 5.69 Å². The zero-order chi connectivity index (χ0) is 15.0. The maximum absolute atomic E-state index is 12.9. The molecule has 112 valence electrons. The molecule has 0 radical (unpaired) electrons. The molecule has 0 spiro atoms. The quantitative estimate of drug-likeness (QED) is 0.837. The summed E-state index contributed by atoms with van der Waals surface area (Å²) < 4.78 is 27.8. The van der Waals surface area contributed by atoms with Crippen LogP contribution in [-0.2, 0) is 16.6 Å². The average Bonchev–Trinajstić information content (AvgIpc) is 3.21. The molecular formula is C13H14ClN3O2S2. The summed E-state index contributed by atoms with van der Waals surface area (Å²) in [5, 5.41) is 0. The van der Waals surface area contributed by atoms with Gasteiger partial charge in [-0.25, -0.2) is 13.4 Å². The summed E-state index contributed by atoms with van der Waals surface area (Å²) in [5.41, 5.74) is 1.34. The van der Waals surface area contributed by atoms with Gasteiger partial charge >= 0.3 is 0 Å². The minimum atomic E-state index is -3.57. The minimum Gasteiger partial charge on any atom is -0.264 e. The topological polar surface area (TPSA) is 63.2 Å². The van der Waals surface area contributed by atoms with Crippen LogP contribution in [0.1, 0.15) is 24.1 Å². The first-order valence-electron chi connectivity index (χ1n) is 6.52. The Morgan fingerprint density at radius 2 is 2.24 bits per heavy atom. The van der Waals surface area contributed by atoms with Gasteiger partial charge in [0.25, 0.3) is 10.0 Å². The fourth-order valence-corrected chi connectivity index (χ4v) is 5.66. The lowest BCUT2D eigenvalue weighted by atomic mass is 10.3. The lowest BCUT2D eigenvalue weighted by molar-refractivity contribution is 0.399. The molecule has 8 heteroatoms. The largest absolute Gasteiger partial charge is 0.264 e. The molecule has 1 fully saturated rings. The molecule has 1 saturated carbocycles. The molecule has 2 aromatic heterocycles. The maximum atomic E-state index is 12.9. The van der Waals surface area contributed by atoms with E-state index in [-0.39, 0.29) is 14.7 Å². The molecule has 2 heterocycles. The van der Waals surface area contributed by atoms with Crippen LogP contribution in [0.5, 0.6) is 0 Å². The number of halogens is 1. The number of aryl methyl sites for hydroxylation is 1. The van der Waals surface area contributed by atoms with E-state index in [1.165, 1.54) is 0 Å². The van der Waals surface area contributed by atoms with E-state index in [0.29, 0.717) is 12.2 Å². The molecule has 0 aromatic carbocycles. The van der Waals surface area contributed by atoms with Crippen LogP contribution >= 0.6 is 22.9 Å². The van der Waals surface area contributed by atoms with Gasteiger partial charge in [-0.05, 0) is 31.4 Å². The molecule has 0 aliphatic heterocycles. The second kappa shape index (κ2) is 5.64. The van der Waals surface area contributed by atoms with Gasteiger partial charge < -0.3 is 0 Å². The smallest absolute Gasteiger partial charge is 0.255 e. The molecule has 0 bridgehead atoms. The summed E-state index contributed by atoms with van der Waals surface area (Å²) >= 11 is 6.86. The molecule has 5 nitrogen and oxygen atoms in total. The zero-order valence-corrected chi connectivity index (χ0v) is 13.7. The molecule has 1 aliphatic carbocycles. The van der Waals surface area contributed by atoms with Crippen molar-refractivity contribution in [1.82, 2.24) is 14.3 Å². The van der Waals surface area contributed by atoms with Crippen LogP contribution in [0.4, 0.5) is 0 Å². The van der Waals surface area contributed by atoms with Crippen LogP contribution in [0, 0.1) is 6.92 Å². The Morgan fingerprint density at radius 1 is 1.48 bits per heavy atom. The summed E-state index contributed by atoms with van der Waals surface area (Å²) in [6.07, 6.45) is 5.15. The number of hydrogen-bond donors (Lipinski definition) is 0. The monoisotopic (exact) mass is 343 g/mol. The lowest BCUT2D eigenvalue weighted by Crippen LogP contribution is -2.32. The molecule has 3 rings (SSSR count). The second-order valence-electron chi connectivity index (χ2n) is 4.98. The van der Waals surface area contributed by atoms with E-state index in [1.54, 1.807) is 23.6 Å². The maximum Gasteiger partial charge on any atom is 0.255 e. The number of sulfonamides is 1. The van der Waals surface area contributed by atoms with Gasteiger partial charge in [-0.1, -0.05) is 29.0 Å². The number of thiazole rings is 1. The van der Waals surface area contributed by atoms with Crippen molar-refractivity contribution in [3.8, 4) is 0 Å². The van der Waals surface area contributed by atoms with Gasteiger partial charge in [-0.15, -0.1) is 0 Å². The Hall–Kier alpha value is -1.02. The predicted octanol–water partition coefficient (Wildman–Crippen LogP) is 2.85. The molecule has 1 aliphatic rings. The van der Waals surface area contributed by atoms with Crippen molar-refractivity contribution >= 4 is 33.0 Å². The van der Waals surface area contributed by atoms with Gasteiger partial charge in [0.15, 0.2) is 8.68 Å². The molecule has 21 heavy (non-hydrogen) atoms. The van der Waals surface area contributed by atoms with Crippen LogP contribution < -0.4 is 0 Å². The molecule has 0 N–H and O–H groups in total. The van der Waals surface area contributed by atoms with Gasteiger partial charge in [-0.3, -0.25) is 4.98 Å². The number of nitrogens with zero attached hydrogens (tertiary/aromatic N) is 3. The SMILES string of the molecule is Cc1nc(Cl)sc1S(=O)(=O)N(Cc1cccnc1)C1CC1. The third kappa shape index (κ3) is 3.11. The predicted molar refractivity (Wildman–Crippen MR) is 81.8 cm³/mol. The number of hydrogen-bond acceptors (Lipinski definition) is 5. The van der Waals surface area contributed by atoms with Crippen molar-refractivity contribution in [2.75, 3.05) is 0 Å². The van der Waals surface area contributed by atoms with Crippen LogP contribution in [0.15, 0.2) is 28.7 Å². The molecule has 0 amide bonds. The van der Waals surface area contributed by atoms with Crippen molar-refractivity contribution < 1.29 is 8.42 Å². The van der Waals surface area contributed by atoms with Crippen LogP contribution in [-0.4, -0.2) is 28.7 Å². The molecule has 0 saturated heterocycles. The van der Waals surface area contributed by atoms with Crippen molar-refractivity contribution in [1.29, 1.82) is 0 Å². The van der Waals surface area contributed by atoms with Gasteiger partial charge in [0, 0.05) is 25.0 Å². The third-order valence-electron chi connectivity index (χ3n) is 3.29. The van der Waals surface area contributed by atoms with E-state index in [4.69, 9.17) is 11.6 Å². The van der Waals surface area contributed by atoms with E-state index in [0.717, 1.165) is 29.7 Å². The Balaban J connectivity index is 1.95. The van der Waals surface area contributed by atoms with E-state index in [1.807, 2.05) is 12.1 Å². The van der Waals surface area contributed by atoms with Crippen molar-refractivity contribution in [2.24, 2.45) is 0 Å². The van der Waals surface area contributed by atoms with Gasteiger partial charge in [0.2, 0.25) is 0 Å². The normalized spacial score (nSPS) is 15.6. The number of rotatable bonds is 5. The van der Waals surface area contributed by atoms with E-state index in [2.05, 4.69) is 9.97 Å². The van der Waals surface area contributed by atoms with Gasteiger partial charge in [0.1, 0.15) is 0 Å². The third-order valence-corrected chi connectivity index (χ3v) is 7.03. The van der Waals surface area contributed by atoms with Crippen LogP contribution in [0.2, 0.25) is 4.47 Å². The van der Waals surface area contributed by atoms with E-state index in [9.17, 15) is 8.42 Å². The highest BCUT2D eigenvalue weighted by Gasteiger charge is 2.39.